The molecule has 1 aliphatic rings. The highest BCUT2D eigenvalue weighted by atomic mass is 35.5. The van der Waals surface area contributed by atoms with Crippen LogP contribution in [0.25, 0.3) is 0 Å². The van der Waals surface area contributed by atoms with Crippen LogP contribution in [0.1, 0.15) is 6.42 Å². The standard InChI is InChI=1S/C9H15F3N2O2.ClH/c10-9(11,12)6-16-4-3-14-8(15)7-1-2-13-5-7;/h7,13H,1-6H2,(H,14,15);1H. The van der Waals surface area contributed by atoms with Gasteiger partial charge < -0.3 is 15.4 Å². The monoisotopic (exact) mass is 276 g/mol. The molecule has 0 bridgehead atoms. The lowest BCUT2D eigenvalue weighted by atomic mass is 10.1. The van der Waals surface area contributed by atoms with Crippen molar-refractivity contribution in [3.8, 4) is 0 Å². The van der Waals surface area contributed by atoms with E-state index in [0.29, 0.717) is 6.54 Å². The fourth-order valence-corrected chi connectivity index (χ4v) is 1.46. The summed E-state index contributed by atoms with van der Waals surface area (Å²) in [6.45, 7) is 0.169. The smallest absolute Gasteiger partial charge is 0.370 e. The van der Waals surface area contributed by atoms with Crippen LogP contribution < -0.4 is 10.6 Å². The molecule has 0 aliphatic carbocycles. The van der Waals surface area contributed by atoms with Gasteiger partial charge >= 0.3 is 6.18 Å². The Balaban J connectivity index is 0.00000256. The van der Waals surface area contributed by atoms with Crippen LogP contribution in [0.2, 0.25) is 0 Å². The van der Waals surface area contributed by atoms with Crippen LogP contribution in [0.15, 0.2) is 0 Å². The molecule has 1 unspecified atom stereocenters. The van der Waals surface area contributed by atoms with Crippen LogP contribution >= 0.6 is 12.4 Å². The minimum atomic E-state index is -4.31. The molecule has 17 heavy (non-hydrogen) atoms. The Morgan fingerprint density at radius 2 is 2.18 bits per heavy atom. The van der Waals surface area contributed by atoms with E-state index >= 15 is 0 Å². The molecular formula is C9H16ClF3N2O2. The van der Waals surface area contributed by atoms with Gasteiger partial charge in [0.1, 0.15) is 6.61 Å². The van der Waals surface area contributed by atoms with E-state index in [4.69, 9.17) is 0 Å². The number of amides is 1. The molecule has 0 saturated carbocycles. The molecule has 2 N–H and O–H groups in total. The van der Waals surface area contributed by atoms with Crippen LogP contribution in [-0.4, -0.2) is 44.9 Å². The van der Waals surface area contributed by atoms with Gasteiger partial charge in [0.05, 0.1) is 12.5 Å². The summed E-state index contributed by atoms with van der Waals surface area (Å²) in [6, 6.07) is 0. The molecule has 1 atom stereocenters. The van der Waals surface area contributed by atoms with Crippen LogP contribution in [0.5, 0.6) is 0 Å². The summed E-state index contributed by atoms with van der Waals surface area (Å²) in [5.41, 5.74) is 0. The van der Waals surface area contributed by atoms with Gasteiger partial charge in [0.25, 0.3) is 0 Å². The van der Waals surface area contributed by atoms with Crippen molar-refractivity contribution in [1.82, 2.24) is 10.6 Å². The zero-order chi connectivity index (χ0) is 12.0. The number of nitrogens with one attached hydrogen (secondary N) is 2. The molecule has 1 fully saturated rings. The summed E-state index contributed by atoms with van der Waals surface area (Å²) >= 11 is 0. The van der Waals surface area contributed by atoms with Crippen molar-refractivity contribution in [2.45, 2.75) is 12.6 Å². The first-order valence-corrected chi connectivity index (χ1v) is 5.12. The highest BCUT2D eigenvalue weighted by Gasteiger charge is 2.27. The number of alkyl halides is 3. The SMILES string of the molecule is Cl.O=C(NCCOCC(F)(F)F)C1CCNC1. The molecule has 1 heterocycles. The first kappa shape index (κ1) is 16.5. The molecule has 4 nitrogen and oxygen atoms in total. The molecule has 1 amide bonds. The minimum Gasteiger partial charge on any atom is -0.370 e. The second-order valence-corrected chi connectivity index (χ2v) is 3.65. The van der Waals surface area contributed by atoms with Crippen molar-refractivity contribution in [3.05, 3.63) is 0 Å². The summed E-state index contributed by atoms with van der Waals surface area (Å²) in [6.07, 6.45) is -3.53. The van der Waals surface area contributed by atoms with E-state index in [-0.39, 0.29) is 37.4 Å². The van der Waals surface area contributed by atoms with Gasteiger partial charge in [0, 0.05) is 13.1 Å². The molecule has 1 rings (SSSR count). The van der Waals surface area contributed by atoms with Crippen molar-refractivity contribution in [1.29, 1.82) is 0 Å². The fourth-order valence-electron chi connectivity index (χ4n) is 1.46. The highest BCUT2D eigenvalue weighted by molar-refractivity contribution is 5.85. The molecule has 102 valence electrons. The van der Waals surface area contributed by atoms with Gasteiger partial charge in [-0.05, 0) is 13.0 Å². The van der Waals surface area contributed by atoms with E-state index in [9.17, 15) is 18.0 Å². The number of carbonyl (C=O) groups is 1. The first-order valence-electron chi connectivity index (χ1n) is 5.12. The van der Waals surface area contributed by atoms with Crippen molar-refractivity contribution >= 4 is 18.3 Å². The van der Waals surface area contributed by atoms with E-state index in [1.807, 2.05) is 0 Å². The van der Waals surface area contributed by atoms with Crippen molar-refractivity contribution < 1.29 is 22.7 Å². The third kappa shape index (κ3) is 7.40. The number of ether oxygens (including phenoxy) is 1. The molecule has 1 saturated heterocycles. The summed E-state index contributed by atoms with van der Waals surface area (Å²) in [5.74, 6) is -0.191. The summed E-state index contributed by atoms with van der Waals surface area (Å²) < 4.78 is 39.4. The van der Waals surface area contributed by atoms with Crippen molar-refractivity contribution in [2.24, 2.45) is 5.92 Å². The lowest BCUT2D eigenvalue weighted by Gasteiger charge is -2.10. The zero-order valence-electron chi connectivity index (χ0n) is 9.18. The average molecular weight is 277 g/mol. The van der Waals surface area contributed by atoms with Crippen LogP contribution in [-0.2, 0) is 9.53 Å². The summed E-state index contributed by atoms with van der Waals surface area (Å²) in [5, 5.41) is 5.57. The molecule has 8 heteroatoms. The van der Waals surface area contributed by atoms with Crippen LogP contribution in [0.3, 0.4) is 0 Å². The molecule has 0 aromatic heterocycles. The normalized spacial score (nSPS) is 19.8. The fraction of sp³-hybridized carbons (Fsp3) is 0.889. The summed E-state index contributed by atoms with van der Waals surface area (Å²) in [7, 11) is 0. The predicted molar refractivity (Wildman–Crippen MR) is 58.1 cm³/mol. The third-order valence-corrected chi connectivity index (χ3v) is 2.24. The largest absolute Gasteiger partial charge is 0.411 e. The topological polar surface area (TPSA) is 50.4 Å². The van der Waals surface area contributed by atoms with Gasteiger partial charge in [-0.25, -0.2) is 0 Å². The highest BCUT2D eigenvalue weighted by Crippen LogP contribution is 2.14. The molecular weight excluding hydrogens is 261 g/mol. The van der Waals surface area contributed by atoms with Gasteiger partial charge in [-0.2, -0.15) is 13.2 Å². The lowest BCUT2D eigenvalue weighted by molar-refractivity contribution is -0.173. The quantitative estimate of drug-likeness (QED) is 0.728. The predicted octanol–water partition coefficient (Wildman–Crippen LogP) is 0.713. The van der Waals surface area contributed by atoms with E-state index in [1.165, 1.54) is 0 Å². The number of carbonyl (C=O) groups excluding carboxylic acids is 1. The van der Waals surface area contributed by atoms with E-state index in [2.05, 4.69) is 15.4 Å². The van der Waals surface area contributed by atoms with E-state index in [0.717, 1.165) is 13.0 Å². The van der Waals surface area contributed by atoms with Gasteiger partial charge in [0.2, 0.25) is 5.91 Å². The number of halogens is 4. The van der Waals surface area contributed by atoms with Crippen LogP contribution in [0.4, 0.5) is 13.2 Å². The second kappa shape index (κ2) is 7.73. The molecule has 0 radical (unpaired) electrons. The number of rotatable bonds is 5. The van der Waals surface area contributed by atoms with Crippen molar-refractivity contribution in [2.75, 3.05) is 32.8 Å². The number of hydrogen-bond donors (Lipinski definition) is 2. The Bertz CT molecular complexity index is 233. The maximum atomic E-state index is 11.7. The van der Waals surface area contributed by atoms with Gasteiger partial charge in [-0.1, -0.05) is 0 Å². The Kier molecular flexibility index (Phi) is 7.49. The minimum absolute atomic E-state index is 0. The molecule has 0 spiro atoms. The Labute approximate surface area is 104 Å². The van der Waals surface area contributed by atoms with Gasteiger partial charge in [0.15, 0.2) is 0 Å². The van der Waals surface area contributed by atoms with Crippen molar-refractivity contribution in [3.63, 3.8) is 0 Å². The molecule has 0 aromatic rings. The van der Waals surface area contributed by atoms with Gasteiger partial charge in [-0.15, -0.1) is 12.4 Å². The third-order valence-electron chi connectivity index (χ3n) is 2.24. The molecule has 1 aliphatic heterocycles. The van der Waals surface area contributed by atoms with Crippen LogP contribution in [0, 0.1) is 5.92 Å². The molecule has 0 aromatic carbocycles. The van der Waals surface area contributed by atoms with Gasteiger partial charge in [-0.3, -0.25) is 4.79 Å². The Morgan fingerprint density at radius 1 is 1.47 bits per heavy atom. The Hall–Kier alpha value is -0.530. The van der Waals surface area contributed by atoms with E-state index < -0.39 is 12.8 Å². The summed E-state index contributed by atoms with van der Waals surface area (Å²) in [4.78, 5) is 11.4. The maximum absolute atomic E-state index is 11.7. The maximum Gasteiger partial charge on any atom is 0.411 e. The zero-order valence-corrected chi connectivity index (χ0v) is 10.00. The number of hydrogen-bond acceptors (Lipinski definition) is 3. The lowest BCUT2D eigenvalue weighted by Crippen LogP contribution is -2.34. The second-order valence-electron chi connectivity index (χ2n) is 3.65. The Morgan fingerprint density at radius 3 is 2.71 bits per heavy atom. The average Bonchev–Trinajstić information content (AvgIpc) is 2.67. The van der Waals surface area contributed by atoms with E-state index in [1.54, 1.807) is 0 Å². The first-order chi connectivity index (χ1) is 7.49.